The van der Waals surface area contributed by atoms with Crippen molar-refractivity contribution in [2.45, 2.75) is 31.6 Å². The van der Waals surface area contributed by atoms with Crippen LogP contribution in [0.15, 0.2) is 31.0 Å². The molecule has 1 aliphatic carbocycles. The Hall–Kier alpha value is -3.17. The molecule has 10 heteroatoms. The topological polar surface area (TPSA) is 83.8 Å². The molecule has 4 heterocycles. The van der Waals surface area contributed by atoms with Crippen molar-refractivity contribution in [3.05, 3.63) is 36.8 Å². The first-order valence-corrected chi connectivity index (χ1v) is 9.44. The van der Waals surface area contributed by atoms with Crippen molar-refractivity contribution in [1.29, 1.82) is 0 Å². The van der Waals surface area contributed by atoms with Gasteiger partial charge in [-0.15, -0.1) is 0 Å². The van der Waals surface area contributed by atoms with Crippen molar-refractivity contribution in [2.24, 2.45) is 5.92 Å². The Labute approximate surface area is 163 Å². The van der Waals surface area contributed by atoms with E-state index in [2.05, 4.69) is 30.4 Å². The molecule has 1 aliphatic rings. The van der Waals surface area contributed by atoms with Crippen LogP contribution in [0, 0.1) is 11.7 Å². The number of aromatic nitrogens is 6. The molecule has 0 amide bonds. The summed E-state index contributed by atoms with van der Waals surface area (Å²) in [5.74, 6) is -2.38. The second-order valence-electron chi connectivity index (χ2n) is 7.44. The maximum Gasteiger partial charge on any atom is 0.248 e. The predicted molar refractivity (Wildman–Crippen MR) is 101 cm³/mol. The van der Waals surface area contributed by atoms with Gasteiger partial charge in [0.25, 0.3) is 0 Å². The summed E-state index contributed by atoms with van der Waals surface area (Å²) in [4.78, 5) is 15.7. The van der Waals surface area contributed by atoms with Gasteiger partial charge in [0.05, 0.1) is 0 Å². The molecule has 150 valence electrons. The van der Waals surface area contributed by atoms with Crippen LogP contribution >= 0.6 is 0 Å². The molecule has 5 rings (SSSR count). The largest absolute Gasteiger partial charge is 0.354 e. The molecule has 4 aromatic heterocycles. The fourth-order valence-corrected chi connectivity index (χ4v) is 3.80. The molecule has 0 radical (unpaired) electrons. The van der Waals surface area contributed by atoms with Crippen molar-refractivity contribution in [1.82, 2.24) is 29.5 Å². The third-order valence-corrected chi connectivity index (χ3v) is 5.46. The second-order valence-corrected chi connectivity index (χ2v) is 7.44. The Morgan fingerprint density at radius 3 is 2.90 bits per heavy atom. The highest BCUT2D eigenvalue weighted by atomic mass is 19.3. The quantitative estimate of drug-likeness (QED) is 0.539. The molecule has 0 saturated heterocycles. The van der Waals surface area contributed by atoms with Crippen LogP contribution < -0.4 is 5.32 Å². The minimum Gasteiger partial charge on any atom is -0.354 e. The highest BCUT2D eigenvalue weighted by Crippen LogP contribution is 2.36. The SMILES string of the molecule is Fc1cc(-c2c[nH]c3nc(NCC4CCC(F)(F)CC4)ncc23)cn2ncnc12. The number of aromatic amines is 1. The molecule has 0 aliphatic heterocycles. The number of hydrogen-bond acceptors (Lipinski definition) is 5. The summed E-state index contributed by atoms with van der Waals surface area (Å²) in [6, 6.07) is 1.40. The van der Waals surface area contributed by atoms with Crippen LogP contribution in [-0.2, 0) is 0 Å². The second kappa shape index (κ2) is 6.71. The Bertz CT molecular complexity index is 1170. The number of rotatable bonds is 4. The van der Waals surface area contributed by atoms with Gasteiger partial charge < -0.3 is 10.3 Å². The van der Waals surface area contributed by atoms with E-state index >= 15 is 0 Å². The minimum absolute atomic E-state index is 0.0636. The third kappa shape index (κ3) is 3.39. The lowest BCUT2D eigenvalue weighted by molar-refractivity contribution is -0.0443. The number of hydrogen-bond donors (Lipinski definition) is 2. The van der Waals surface area contributed by atoms with Gasteiger partial charge in [-0.05, 0) is 24.8 Å². The van der Waals surface area contributed by atoms with E-state index in [1.54, 1.807) is 18.6 Å². The Morgan fingerprint density at radius 1 is 1.24 bits per heavy atom. The average molecular weight is 401 g/mol. The maximum atomic E-state index is 14.2. The number of H-pyrrole nitrogens is 1. The fourth-order valence-electron chi connectivity index (χ4n) is 3.80. The van der Waals surface area contributed by atoms with E-state index in [0.29, 0.717) is 36.5 Å². The van der Waals surface area contributed by atoms with Crippen LogP contribution in [0.1, 0.15) is 25.7 Å². The van der Waals surface area contributed by atoms with E-state index in [1.165, 1.54) is 16.9 Å². The van der Waals surface area contributed by atoms with E-state index in [-0.39, 0.29) is 24.4 Å². The predicted octanol–water partition coefficient (Wildman–Crippen LogP) is 4.04. The van der Waals surface area contributed by atoms with E-state index < -0.39 is 11.7 Å². The van der Waals surface area contributed by atoms with Crippen molar-refractivity contribution >= 4 is 22.6 Å². The summed E-state index contributed by atoms with van der Waals surface area (Å²) < 4.78 is 42.2. The van der Waals surface area contributed by atoms with Crippen LogP contribution in [0.5, 0.6) is 0 Å². The number of pyridine rings is 1. The fraction of sp³-hybridized carbons (Fsp3) is 0.368. The molecule has 29 heavy (non-hydrogen) atoms. The van der Waals surface area contributed by atoms with Gasteiger partial charge in [-0.1, -0.05) is 0 Å². The Morgan fingerprint density at radius 2 is 2.07 bits per heavy atom. The lowest BCUT2D eigenvalue weighted by atomic mass is 9.87. The van der Waals surface area contributed by atoms with Crippen molar-refractivity contribution in [3.8, 4) is 11.1 Å². The average Bonchev–Trinajstić information content (AvgIpc) is 3.33. The normalized spacial score (nSPS) is 17.2. The molecule has 4 aromatic rings. The summed E-state index contributed by atoms with van der Waals surface area (Å²) in [7, 11) is 0. The van der Waals surface area contributed by atoms with Gasteiger partial charge in [-0.25, -0.2) is 27.7 Å². The molecular weight excluding hydrogens is 383 g/mol. The van der Waals surface area contributed by atoms with Crippen LogP contribution in [-0.4, -0.2) is 42.0 Å². The summed E-state index contributed by atoms with van der Waals surface area (Å²) in [5.41, 5.74) is 2.14. The molecular formula is C19H18F3N7. The number of halogens is 3. The molecule has 0 atom stereocenters. The van der Waals surface area contributed by atoms with Gasteiger partial charge in [-0.3, -0.25) is 0 Å². The zero-order valence-corrected chi connectivity index (χ0v) is 15.4. The van der Waals surface area contributed by atoms with E-state index in [0.717, 1.165) is 10.9 Å². The van der Waals surface area contributed by atoms with Gasteiger partial charge in [0.15, 0.2) is 11.5 Å². The smallest absolute Gasteiger partial charge is 0.248 e. The van der Waals surface area contributed by atoms with Crippen LogP contribution in [0.4, 0.5) is 19.1 Å². The number of anilines is 1. The highest BCUT2D eigenvalue weighted by Gasteiger charge is 2.34. The van der Waals surface area contributed by atoms with E-state index in [9.17, 15) is 13.2 Å². The Kier molecular flexibility index (Phi) is 4.14. The highest BCUT2D eigenvalue weighted by molar-refractivity contribution is 5.93. The number of alkyl halides is 2. The molecule has 1 fully saturated rings. The first-order valence-electron chi connectivity index (χ1n) is 9.44. The van der Waals surface area contributed by atoms with Crippen LogP contribution in [0.3, 0.4) is 0 Å². The maximum absolute atomic E-state index is 14.2. The minimum atomic E-state index is -2.53. The van der Waals surface area contributed by atoms with Gasteiger partial charge in [0.1, 0.15) is 12.0 Å². The van der Waals surface area contributed by atoms with Crippen LogP contribution in [0.25, 0.3) is 27.8 Å². The molecule has 0 unspecified atom stereocenters. The van der Waals surface area contributed by atoms with Crippen LogP contribution in [0.2, 0.25) is 0 Å². The van der Waals surface area contributed by atoms with Gasteiger partial charge in [0.2, 0.25) is 11.9 Å². The number of fused-ring (bicyclic) bond motifs is 2. The summed E-state index contributed by atoms with van der Waals surface area (Å²) in [6.45, 7) is 0.559. The van der Waals surface area contributed by atoms with Crippen molar-refractivity contribution < 1.29 is 13.2 Å². The van der Waals surface area contributed by atoms with E-state index in [4.69, 9.17) is 0 Å². The zero-order valence-electron chi connectivity index (χ0n) is 15.4. The number of nitrogens with zero attached hydrogens (tertiary/aromatic N) is 5. The standard InChI is InChI=1S/C19H18F3N7/c20-15-5-12(9-29-17(15)26-10-27-29)13-7-23-16-14(13)8-25-18(28-16)24-6-11-1-3-19(21,22)4-2-11/h5,7-11H,1-4,6H2,(H2,23,24,25,28). The van der Waals surface area contributed by atoms with Gasteiger partial charge in [0, 0.05) is 54.5 Å². The summed E-state index contributed by atoms with van der Waals surface area (Å²) in [6.07, 6.45) is 7.25. The zero-order chi connectivity index (χ0) is 20.0. The van der Waals surface area contributed by atoms with Gasteiger partial charge >= 0.3 is 0 Å². The van der Waals surface area contributed by atoms with E-state index in [1.807, 2.05) is 0 Å². The molecule has 0 bridgehead atoms. The molecule has 0 aromatic carbocycles. The van der Waals surface area contributed by atoms with Crippen molar-refractivity contribution in [3.63, 3.8) is 0 Å². The number of nitrogens with one attached hydrogen (secondary N) is 2. The van der Waals surface area contributed by atoms with Gasteiger partial charge in [-0.2, -0.15) is 10.1 Å². The monoisotopic (exact) mass is 401 g/mol. The lowest BCUT2D eigenvalue weighted by Gasteiger charge is -2.28. The molecule has 0 spiro atoms. The lowest BCUT2D eigenvalue weighted by Crippen LogP contribution is -2.28. The first kappa shape index (κ1) is 17.9. The summed E-state index contributed by atoms with van der Waals surface area (Å²) in [5, 5.41) is 7.87. The first-order chi connectivity index (χ1) is 14.0. The molecule has 1 saturated carbocycles. The molecule has 7 nitrogen and oxygen atoms in total. The third-order valence-electron chi connectivity index (χ3n) is 5.46. The molecule has 2 N–H and O–H groups in total. The van der Waals surface area contributed by atoms with Crippen molar-refractivity contribution in [2.75, 3.05) is 11.9 Å². The Balaban J connectivity index is 1.36. The summed E-state index contributed by atoms with van der Waals surface area (Å²) >= 11 is 0.